The number of nitrogens with two attached hydrogens (primary N) is 1. The Morgan fingerprint density at radius 3 is 2.48 bits per heavy atom. The molecule has 8 nitrogen and oxygen atoms in total. The topological polar surface area (TPSA) is 126 Å². The molecule has 2 rings (SSSR count). The van der Waals surface area contributed by atoms with Crippen molar-refractivity contribution in [1.82, 2.24) is 16.2 Å². The summed E-state index contributed by atoms with van der Waals surface area (Å²) in [6, 6.07) is 5.60. The Kier molecular flexibility index (Phi) is 5.63. The van der Waals surface area contributed by atoms with E-state index in [0.717, 1.165) is 5.39 Å². The van der Waals surface area contributed by atoms with Crippen LogP contribution >= 0.6 is 0 Å². The quantitative estimate of drug-likeness (QED) is 0.613. The van der Waals surface area contributed by atoms with Crippen molar-refractivity contribution in [2.24, 2.45) is 11.7 Å². The van der Waals surface area contributed by atoms with Gasteiger partial charge in [-0.1, -0.05) is 38.5 Å². The number of fused-ring (bicyclic) bond motifs is 1. The second-order valence-corrected chi connectivity index (χ2v) is 5.87. The number of rotatable bonds is 5. The van der Waals surface area contributed by atoms with Crippen molar-refractivity contribution in [1.29, 1.82) is 0 Å². The maximum Gasteiger partial charge on any atom is 0.312 e. The predicted octanol–water partition coefficient (Wildman–Crippen LogP) is 1.59. The number of nitrogens with one attached hydrogen (secondary N) is 3. The van der Waals surface area contributed by atoms with Crippen LogP contribution in [0.4, 0.5) is 4.79 Å². The monoisotopic (exact) mass is 346 g/mol. The molecule has 25 heavy (non-hydrogen) atoms. The number of aryl methyl sites for hydroxylation is 1. The fourth-order valence-corrected chi connectivity index (χ4v) is 2.50. The van der Waals surface area contributed by atoms with Gasteiger partial charge < -0.3 is 15.5 Å². The van der Waals surface area contributed by atoms with Crippen LogP contribution in [0.5, 0.6) is 0 Å². The van der Waals surface area contributed by atoms with Crippen molar-refractivity contribution in [2.75, 3.05) is 0 Å². The van der Waals surface area contributed by atoms with Gasteiger partial charge in [-0.25, -0.2) is 4.79 Å². The Balaban J connectivity index is 2.08. The lowest BCUT2D eigenvalue weighted by Gasteiger charge is -2.22. The molecule has 4 amide bonds. The Labute approximate surface area is 145 Å². The SMILES string of the molecule is CCC(C)C(NC(N)=O)C(=O)NNC(=O)c1oc2ccccc2c1C. The van der Waals surface area contributed by atoms with E-state index in [2.05, 4.69) is 16.2 Å². The van der Waals surface area contributed by atoms with E-state index in [4.69, 9.17) is 10.2 Å². The number of hydrazine groups is 1. The first-order valence-electron chi connectivity index (χ1n) is 7.99. The molecule has 1 aromatic carbocycles. The average molecular weight is 346 g/mol. The van der Waals surface area contributed by atoms with Crippen LogP contribution < -0.4 is 21.9 Å². The summed E-state index contributed by atoms with van der Waals surface area (Å²) in [7, 11) is 0. The van der Waals surface area contributed by atoms with Gasteiger partial charge in [0.05, 0.1) is 0 Å². The summed E-state index contributed by atoms with van der Waals surface area (Å²) < 4.78 is 5.53. The molecule has 0 bridgehead atoms. The van der Waals surface area contributed by atoms with E-state index in [-0.39, 0.29) is 11.7 Å². The first-order valence-corrected chi connectivity index (χ1v) is 7.99. The normalized spacial score (nSPS) is 13.1. The molecule has 0 spiro atoms. The lowest BCUT2D eigenvalue weighted by Crippen LogP contribution is -2.55. The van der Waals surface area contributed by atoms with Crippen molar-refractivity contribution < 1.29 is 18.8 Å². The molecule has 2 unspecified atom stereocenters. The van der Waals surface area contributed by atoms with Gasteiger partial charge in [-0.05, 0) is 18.9 Å². The van der Waals surface area contributed by atoms with Gasteiger partial charge in [-0.3, -0.25) is 20.4 Å². The molecule has 0 saturated heterocycles. The van der Waals surface area contributed by atoms with E-state index in [0.29, 0.717) is 17.6 Å². The first kappa shape index (κ1) is 18.3. The van der Waals surface area contributed by atoms with Gasteiger partial charge in [0.15, 0.2) is 5.76 Å². The summed E-state index contributed by atoms with van der Waals surface area (Å²) >= 11 is 0. The van der Waals surface area contributed by atoms with Crippen LogP contribution in [0.1, 0.15) is 36.4 Å². The van der Waals surface area contributed by atoms with Gasteiger partial charge >= 0.3 is 11.9 Å². The van der Waals surface area contributed by atoms with E-state index >= 15 is 0 Å². The van der Waals surface area contributed by atoms with Gasteiger partial charge in [-0.15, -0.1) is 0 Å². The third-order valence-electron chi connectivity index (χ3n) is 4.14. The summed E-state index contributed by atoms with van der Waals surface area (Å²) in [5.41, 5.74) is 11.0. The number of urea groups is 1. The number of benzene rings is 1. The van der Waals surface area contributed by atoms with E-state index in [1.54, 1.807) is 26.0 Å². The first-order chi connectivity index (χ1) is 11.8. The number of furan rings is 1. The molecule has 5 N–H and O–H groups in total. The minimum Gasteiger partial charge on any atom is -0.451 e. The average Bonchev–Trinajstić information content (AvgIpc) is 2.93. The molecule has 0 radical (unpaired) electrons. The summed E-state index contributed by atoms with van der Waals surface area (Å²) in [4.78, 5) is 35.6. The highest BCUT2D eigenvalue weighted by atomic mass is 16.3. The fraction of sp³-hybridized carbons (Fsp3) is 0.353. The summed E-state index contributed by atoms with van der Waals surface area (Å²) in [6.07, 6.45) is 0.648. The Morgan fingerprint density at radius 1 is 1.20 bits per heavy atom. The molecule has 8 heteroatoms. The van der Waals surface area contributed by atoms with Crippen molar-refractivity contribution in [3.8, 4) is 0 Å². The predicted molar refractivity (Wildman–Crippen MR) is 92.5 cm³/mol. The largest absolute Gasteiger partial charge is 0.451 e. The zero-order valence-corrected chi connectivity index (χ0v) is 14.4. The minimum atomic E-state index is -0.848. The second-order valence-electron chi connectivity index (χ2n) is 5.87. The van der Waals surface area contributed by atoms with E-state index in [1.165, 1.54) is 0 Å². The molecule has 0 aliphatic heterocycles. The van der Waals surface area contributed by atoms with Crippen LogP contribution in [-0.4, -0.2) is 23.9 Å². The molecule has 0 aliphatic carbocycles. The molecule has 1 aromatic heterocycles. The van der Waals surface area contributed by atoms with Gasteiger partial charge in [0.25, 0.3) is 5.91 Å². The number of amides is 4. The summed E-state index contributed by atoms with van der Waals surface area (Å²) in [5.74, 6) is -1.18. The second kappa shape index (κ2) is 7.69. The smallest absolute Gasteiger partial charge is 0.312 e. The van der Waals surface area contributed by atoms with Gasteiger partial charge in [0, 0.05) is 10.9 Å². The van der Waals surface area contributed by atoms with Gasteiger partial charge in [0.2, 0.25) is 0 Å². The molecule has 2 aromatic rings. The van der Waals surface area contributed by atoms with E-state index < -0.39 is 23.9 Å². The summed E-state index contributed by atoms with van der Waals surface area (Å²) in [5, 5.41) is 3.20. The zero-order valence-electron chi connectivity index (χ0n) is 14.4. The van der Waals surface area contributed by atoms with Crippen molar-refractivity contribution >= 4 is 28.8 Å². The van der Waals surface area contributed by atoms with Crippen LogP contribution in [0.2, 0.25) is 0 Å². The van der Waals surface area contributed by atoms with E-state index in [9.17, 15) is 14.4 Å². The van der Waals surface area contributed by atoms with E-state index in [1.807, 2.05) is 19.1 Å². The third kappa shape index (κ3) is 4.09. The molecule has 134 valence electrons. The number of para-hydroxylation sites is 1. The van der Waals surface area contributed by atoms with Gasteiger partial charge in [0.1, 0.15) is 11.6 Å². The van der Waals surface area contributed by atoms with Crippen LogP contribution in [0.3, 0.4) is 0 Å². The number of hydrogen-bond acceptors (Lipinski definition) is 4. The molecule has 0 fully saturated rings. The van der Waals surface area contributed by atoms with Crippen molar-refractivity contribution in [3.05, 3.63) is 35.6 Å². The molecular formula is C17H22N4O4. The lowest BCUT2D eigenvalue weighted by atomic mass is 9.99. The van der Waals surface area contributed by atoms with Crippen LogP contribution in [0, 0.1) is 12.8 Å². The third-order valence-corrected chi connectivity index (χ3v) is 4.14. The lowest BCUT2D eigenvalue weighted by molar-refractivity contribution is -0.124. The molecule has 0 saturated carbocycles. The van der Waals surface area contributed by atoms with Crippen molar-refractivity contribution in [2.45, 2.75) is 33.2 Å². The molecule has 2 atom stereocenters. The number of primary amides is 1. The molecular weight excluding hydrogens is 324 g/mol. The van der Waals surface area contributed by atoms with Crippen LogP contribution in [0.15, 0.2) is 28.7 Å². The number of hydrogen-bond donors (Lipinski definition) is 4. The highest BCUT2D eigenvalue weighted by molar-refractivity contribution is 6.00. The fourth-order valence-electron chi connectivity index (χ4n) is 2.50. The van der Waals surface area contributed by atoms with Gasteiger partial charge in [-0.2, -0.15) is 0 Å². The zero-order chi connectivity index (χ0) is 18.6. The molecule has 0 aliphatic rings. The molecule has 1 heterocycles. The highest BCUT2D eigenvalue weighted by Crippen LogP contribution is 2.24. The maximum absolute atomic E-state index is 12.3. The van der Waals surface area contributed by atoms with Crippen molar-refractivity contribution in [3.63, 3.8) is 0 Å². The highest BCUT2D eigenvalue weighted by Gasteiger charge is 2.26. The Hall–Kier alpha value is -3.03. The standard InChI is InChI=1S/C17H22N4O4/c1-4-9(2)13(19-17(18)24)15(22)20-21-16(23)14-10(3)11-7-5-6-8-12(11)25-14/h5-9,13H,4H2,1-3H3,(H,20,22)(H,21,23)(H3,18,19,24). The Bertz CT molecular complexity index is 799. The Morgan fingerprint density at radius 2 is 1.88 bits per heavy atom. The number of carbonyl (C=O) groups excluding carboxylic acids is 3. The van der Waals surface area contributed by atoms with Crippen LogP contribution in [-0.2, 0) is 4.79 Å². The number of carbonyl (C=O) groups is 3. The van der Waals surface area contributed by atoms with Crippen LogP contribution in [0.25, 0.3) is 11.0 Å². The summed E-state index contributed by atoms with van der Waals surface area (Å²) in [6.45, 7) is 5.44. The maximum atomic E-state index is 12.3. The minimum absolute atomic E-state index is 0.115.